The first-order valence-corrected chi connectivity index (χ1v) is 10.1. The molecule has 0 heterocycles. The van der Waals surface area contributed by atoms with Crippen molar-refractivity contribution >= 4 is 21.4 Å². The number of hydrogen-bond donors (Lipinski definition) is 1. The summed E-state index contributed by atoms with van der Waals surface area (Å²) in [6.45, 7) is 2.46. The minimum atomic E-state index is -3.65. The van der Waals surface area contributed by atoms with E-state index in [9.17, 15) is 12.8 Å². The van der Waals surface area contributed by atoms with Crippen LogP contribution in [0.25, 0.3) is 0 Å². The molecule has 0 saturated heterocycles. The maximum atomic E-state index is 13.7. The number of para-hydroxylation sites is 1. The van der Waals surface area contributed by atoms with Crippen molar-refractivity contribution in [1.82, 2.24) is 0 Å². The summed E-state index contributed by atoms with van der Waals surface area (Å²) in [4.78, 5) is 0.213. The van der Waals surface area contributed by atoms with Gasteiger partial charge in [0.05, 0.1) is 10.6 Å². The summed E-state index contributed by atoms with van der Waals surface area (Å²) < 4.78 is 41.0. The van der Waals surface area contributed by atoms with Crippen molar-refractivity contribution in [1.29, 1.82) is 0 Å². The van der Waals surface area contributed by atoms with Crippen LogP contribution in [0.15, 0.2) is 83.8 Å². The molecule has 0 aliphatic rings. The van der Waals surface area contributed by atoms with Gasteiger partial charge < -0.3 is 5.32 Å². The Hall–Kier alpha value is -2.86. The highest BCUT2D eigenvalue weighted by Gasteiger charge is 2.23. The number of hydrogen-bond acceptors (Lipinski definition) is 3. The standard InChI is InChI=1S/C21H21FN2O2S/c1-2-24(19-9-4-3-5-10-19)27(25,26)20-14-12-18(13-15-20)23-16-17-8-6-7-11-21(17)22/h3-15,23H,2,16H2,1H3. The molecule has 4 nitrogen and oxygen atoms in total. The Bertz CT molecular complexity index is 990. The predicted molar refractivity (Wildman–Crippen MR) is 107 cm³/mol. The van der Waals surface area contributed by atoms with E-state index >= 15 is 0 Å². The van der Waals surface area contributed by atoms with Gasteiger partial charge in [0.1, 0.15) is 5.82 Å². The zero-order chi connectivity index (χ0) is 19.3. The lowest BCUT2D eigenvalue weighted by Crippen LogP contribution is -2.30. The highest BCUT2D eigenvalue weighted by atomic mass is 32.2. The maximum Gasteiger partial charge on any atom is 0.264 e. The lowest BCUT2D eigenvalue weighted by atomic mass is 10.2. The summed E-state index contributed by atoms with van der Waals surface area (Å²) in [6, 6.07) is 22.0. The number of nitrogens with one attached hydrogen (secondary N) is 1. The van der Waals surface area contributed by atoms with Gasteiger partial charge in [-0.05, 0) is 49.4 Å². The smallest absolute Gasteiger partial charge is 0.264 e. The lowest BCUT2D eigenvalue weighted by molar-refractivity contribution is 0.592. The molecule has 0 fully saturated rings. The molecule has 0 radical (unpaired) electrons. The van der Waals surface area contributed by atoms with Gasteiger partial charge >= 0.3 is 0 Å². The van der Waals surface area contributed by atoms with Gasteiger partial charge in [-0.25, -0.2) is 12.8 Å². The molecule has 140 valence electrons. The Morgan fingerprint density at radius 1 is 0.889 bits per heavy atom. The fourth-order valence-corrected chi connectivity index (χ4v) is 4.27. The molecule has 6 heteroatoms. The number of halogens is 1. The Morgan fingerprint density at radius 2 is 1.52 bits per heavy atom. The first-order chi connectivity index (χ1) is 13.0. The number of rotatable bonds is 7. The fraction of sp³-hybridized carbons (Fsp3) is 0.143. The molecule has 0 aliphatic carbocycles. The molecule has 0 saturated carbocycles. The predicted octanol–water partition coefficient (Wildman–Crippen LogP) is 4.65. The lowest BCUT2D eigenvalue weighted by Gasteiger charge is -2.23. The number of anilines is 2. The molecule has 0 bridgehead atoms. The normalized spacial score (nSPS) is 11.2. The fourth-order valence-electron chi connectivity index (χ4n) is 2.80. The van der Waals surface area contributed by atoms with E-state index in [-0.39, 0.29) is 10.7 Å². The van der Waals surface area contributed by atoms with Crippen LogP contribution in [0.2, 0.25) is 0 Å². The van der Waals surface area contributed by atoms with Gasteiger partial charge in [-0.2, -0.15) is 0 Å². The number of nitrogens with zero attached hydrogens (tertiary/aromatic N) is 1. The number of benzene rings is 3. The molecule has 3 aromatic carbocycles. The molecule has 0 spiro atoms. The van der Waals surface area contributed by atoms with Crippen LogP contribution in [0.3, 0.4) is 0 Å². The van der Waals surface area contributed by atoms with Crippen LogP contribution in [0.4, 0.5) is 15.8 Å². The summed E-state index contributed by atoms with van der Waals surface area (Å²) in [5.74, 6) is -0.273. The van der Waals surface area contributed by atoms with Crippen molar-refractivity contribution in [2.45, 2.75) is 18.4 Å². The number of sulfonamides is 1. The Morgan fingerprint density at radius 3 is 2.15 bits per heavy atom. The first kappa shape index (κ1) is 18.9. The quantitative estimate of drug-likeness (QED) is 0.645. The molecule has 0 aromatic heterocycles. The van der Waals surface area contributed by atoms with Crippen LogP contribution in [0.1, 0.15) is 12.5 Å². The molecule has 1 N–H and O–H groups in total. The van der Waals surface area contributed by atoms with E-state index in [1.807, 2.05) is 18.2 Å². The average Bonchev–Trinajstić information content (AvgIpc) is 2.69. The van der Waals surface area contributed by atoms with Gasteiger partial charge in [0, 0.05) is 24.3 Å². The van der Waals surface area contributed by atoms with Crippen LogP contribution in [-0.4, -0.2) is 15.0 Å². The van der Waals surface area contributed by atoms with Gasteiger partial charge in [-0.1, -0.05) is 36.4 Å². The molecule has 27 heavy (non-hydrogen) atoms. The Balaban J connectivity index is 1.76. The monoisotopic (exact) mass is 384 g/mol. The Labute approximate surface area is 159 Å². The van der Waals surface area contributed by atoms with E-state index in [1.54, 1.807) is 61.5 Å². The summed E-state index contributed by atoms with van der Waals surface area (Å²) in [5.41, 5.74) is 1.90. The zero-order valence-electron chi connectivity index (χ0n) is 15.0. The second-order valence-corrected chi connectivity index (χ2v) is 7.84. The summed E-state index contributed by atoms with van der Waals surface area (Å²) in [5, 5.41) is 3.11. The maximum absolute atomic E-state index is 13.7. The van der Waals surface area contributed by atoms with Crippen molar-refractivity contribution in [3.8, 4) is 0 Å². The molecule has 0 aliphatic heterocycles. The van der Waals surface area contributed by atoms with E-state index in [1.165, 1.54) is 10.4 Å². The second kappa shape index (κ2) is 8.22. The highest BCUT2D eigenvalue weighted by molar-refractivity contribution is 7.92. The highest BCUT2D eigenvalue weighted by Crippen LogP contribution is 2.24. The summed E-state index contributed by atoms with van der Waals surface area (Å²) >= 11 is 0. The molecule has 3 rings (SSSR count). The SMILES string of the molecule is CCN(c1ccccc1)S(=O)(=O)c1ccc(NCc2ccccc2F)cc1. The van der Waals surface area contributed by atoms with Gasteiger partial charge in [0.25, 0.3) is 10.0 Å². The van der Waals surface area contributed by atoms with Crippen molar-refractivity contribution in [2.24, 2.45) is 0 Å². The topological polar surface area (TPSA) is 49.4 Å². The molecular formula is C21H21FN2O2S. The zero-order valence-corrected chi connectivity index (χ0v) is 15.8. The van der Waals surface area contributed by atoms with Crippen LogP contribution in [-0.2, 0) is 16.6 Å². The molecule has 0 atom stereocenters. The van der Waals surface area contributed by atoms with Crippen LogP contribution >= 0.6 is 0 Å². The third kappa shape index (κ3) is 4.28. The van der Waals surface area contributed by atoms with Crippen molar-refractivity contribution < 1.29 is 12.8 Å². The van der Waals surface area contributed by atoms with Crippen LogP contribution < -0.4 is 9.62 Å². The van der Waals surface area contributed by atoms with Crippen molar-refractivity contribution in [2.75, 3.05) is 16.2 Å². The molecule has 0 amide bonds. The molecule has 3 aromatic rings. The summed E-state index contributed by atoms with van der Waals surface area (Å²) in [6.07, 6.45) is 0. The Kier molecular flexibility index (Phi) is 5.76. The van der Waals surface area contributed by atoms with Crippen molar-refractivity contribution in [3.63, 3.8) is 0 Å². The van der Waals surface area contributed by atoms with Crippen LogP contribution in [0, 0.1) is 5.82 Å². The third-order valence-electron chi connectivity index (χ3n) is 4.21. The minimum absolute atomic E-state index is 0.213. The minimum Gasteiger partial charge on any atom is -0.381 e. The molecule has 0 unspecified atom stereocenters. The second-order valence-electron chi connectivity index (χ2n) is 5.97. The van der Waals surface area contributed by atoms with Gasteiger partial charge in [-0.15, -0.1) is 0 Å². The van der Waals surface area contributed by atoms with Gasteiger partial charge in [-0.3, -0.25) is 4.31 Å². The van der Waals surface area contributed by atoms with E-state index in [0.29, 0.717) is 24.3 Å². The van der Waals surface area contributed by atoms with Gasteiger partial charge in [0.2, 0.25) is 0 Å². The molecular weight excluding hydrogens is 363 g/mol. The van der Waals surface area contributed by atoms with Crippen LogP contribution in [0.5, 0.6) is 0 Å². The van der Waals surface area contributed by atoms with E-state index < -0.39 is 10.0 Å². The largest absolute Gasteiger partial charge is 0.381 e. The third-order valence-corrected chi connectivity index (χ3v) is 6.13. The first-order valence-electron chi connectivity index (χ1n) is 8.67. The van der Waals surface area contributed by atoms with E-state index in [0.717, 1.165) is 5.69 Å². The van der Waals surface area contributed by atoms with Crippen molar-refractivity contribution in [3.05, 3.63) is 90.2 Å². The average molecular weight is 384 g/mol. The van der Waals surface area contributed by atoms with Gasteiger partial charge in [0.15, 0.2) is 0 Å². The summed E-state index contributed by atoms with van der Waals surface area (Å²) in [7, 11) is -3.65. The van der Waals surface area contributed by atoms with E-state index in [2.05, 4.69) is 5.32 Å². The van der Waals surface area contributed by atoms with E-state index in [4.69, 9.17) is 0 Å².